The lowest BCUT2D eigenvalue weighted by Crippen LogP contribution is -2.22. The molecule has 5 nitrogen and oxygen atoms in total. The maximum atomic E-state index is 13.6. The number of rotatable bonds is 4. The molecule has 1 saturated carbocycles. The summed E-state index contributed by atoms with van der Waals surface area (Å²) < 4.78 is 14.0. The number of halogens is 2. The molecule has 1 fully saturated rings. The Balaban J connectivity index is 1.77. The van der Waals surface area contributed by atoms with Gasteiger partial charge in [0.15, 0.2) is 10.9 Å². The van der Waals surface area contributed by atoms with E-state index in [0.717, 1.165) is 37.0 Å². The van der Waals surface area contributed by atoms with E-state index in [1.807, 2.05) is 0 Å². The fourth-order valence-corrected chi connectivity index (χ4v) is 3.61. The van der Waals surface area contributed by atoms with Crippen molar-refractivity contribution in [2.24, 2.45) is 5.92 Å². The molecular formula is C16H15ClFN3O2S. The first-order chi connectivity index (χ1) is 11.5. The van der Waals surface area contributed by atoms with E-state index in [1.54, 1.807) is 0 Å². The number of hydrogen-bond acceptors (Lipinski definition) is 4. The van der Waals surface area contributed by atoms with Crippen LogP contribution in [0, 0.1) is 11.7 Å². The molecule has 0 unspecified atom stereocenters. The molecule has 0 radical (unpaired) electrons. The summed E-state index contributed by atoms with van der Waals surface area (Å²) in [5, 5.41) is 5.45. The van der Waals surface area contributed by atoms with Crippen LogP contribution in [-0.4, -0.2) is 16.8 Å². The van der Waals surface area contributed by atoms with Crippen LogP contribution in [0.2, 0.25) is 4.34 Å². The molecule has 0 aliphatic heterocycles. The molecule has 126 valence electrons. The summed E-state index contributed by atoms with van der Waals surface area (Å²) in [5.41, 5.74) is 0.489. The smallest absolute Gasteiger partial charge is 0.307 e. The van der Waals surface area contributed by atoms with Crippen LogP contribution < -0.4 is 10.6 Å². The lowest BCUT2D eigenvalue weighted by molar-refractivity contribution is 0.0923. The molecule has 1 aliphatic rings. The Morgan fingerprint density at radius 1 is 1.25 bits per heavy atom. The maximum absolute atomic E-state index is 13.6. The molecule has 0 atom stereocenters. The van der Waals surface area contributed by atoms with E-state index in [2.05, 4.69) is 15.6 Å². The van der Waals surface area contributed by atoms with E-state index in [1.165, 1.54) is 24.4 Å². The van der Waals surface area contributed by atoms with Crippen molar-refractivity contribution in [2.75, 3.05) is 10.6 Å². The number of aromatic nitrogens is 1. The van der Waals surface area contributed by atoms with Gasteiger partial charge in [0.1, 0.15) is 10.2 Å². The predicted molar refractivity (Wildman–Crippen MR) is 92.5 cm³/mol. The van der Waals surface area contributed by atoms with Gasteiger partial charge in [-0.25, -0.2) is 14.2 Å². The molecule has 2 aromatic rings. The summed E-state index contributed by atoms with van der Waals surface area (Å²) in [6, 6.07) is 3.22. The van der Waals surface area contributed by atoms with Gasteiger partial charge in [-0.2, -0.15) is 0 Å². The summed E-state index contributed by atoms with van der Waals surface area (Å²) in [6.07, 6.45) is 5.03. The number of nitrogens with zero attached hydrogens (tertiary/aromatic N) is 1. The van der Waals surface area contributed by atoms with Crippen molar-refractivity contribution in [3.63, 3.8) is 0 Å². The molecule has 1 aromatic carbocycles. The van der Waals surface area contributed by atoms with Crippen LogP contribution in [0.25, 0.3) is 0 Å². The SMILES string of the molecule is O=C(Nc1ncc(Cl)s1)Nc1ccc(F)cc1C(=O)C1CCCC1. The monoisotopic (exact) mass is 367 g/mol. The zero-order chi connectivity index (χ0) is 17.1. The summed E-state index contributed by atoms with van der Waals surface area (Å²) in [7, 11) is 0. The van der Waals surface area contributed by atoms with E-state index >= 15 is 0 Å². The zero-order valence-electron chi connectivity index (χ0n) is 12.6. The summed E-state index contributed by atoms with van der Waals surface area (Å²) in [5.74, 6) is -0.734. The van der Waals surface area contributed by atoms with Gasteiger partial charge >= 0.3 is 6.03 Å². The third kappa shape index (κ3) is 3.91. The molecule has 0 bridgehead atoms. The highest BCUT2D eigenvalue weighted by Gasteiger charge is 2.26. The van der Waals surface area contributed by atoms with Crippen LogP contribution in [0.3, 0.4) is 0 Å². The number of carbonyl (C=O) groups is 2. The van der Waals surface area contributed by atoms with Crippen molar-refractivity contribution >= 4 is 45.6 Å². The lowest BCUT2D eigenvalue weighted by Gasteiger charge is -2.14. The predicted octanol–water partition coefficient (Wildman–Crippen LogP) is 4.95. The second-order valence-corrected chi connectivity index (χ2v) is 7.25. The third-order valence-electron chi connectivity index (χ3n) is 3.92. The molecule has 8 heteroatoms. The second-order valence-electron chi connectivity index (χ2n) is 5.58. The molecule has 24 heavy (non-hydrogen) atoms. The average molecular weight is 368 g/mol. The molecule has 1 heterocycles. The minimum absolute atomic E-state index is 0.104. The van der Waals surface area contributed by atoms with E-state index < -0.39 is 11.8 Å². The molecular weight excluding hydrogens is 353 g/mol. The first kappa shape index (κ1) is 16.9. The summed E-state index contributed by atoms with van der Waals surface area (Å²) in [6.45, 7) is 0. The van der Waals surface area contributed by atoms with Crippen LogP contribution >= 0.6 is 22.9 Å². The molecule has 3 rings (SSSR count). The van der Waals surface area contributed by atoms with Crippen molar-refractivity contribution in [2.45, 2.75) is 25.7 Å². The van der Waals surface area contributed by atoms with Gasteiger partial charge in [0.05, 0.1) is 11.9 Å². The molecule has 0 saturated heterocycles. The Kier molecular flexibility index (Phi) is 5.11. The number of urea groups is 1. The first-order valence-corrected chi connectivity index (χ1v) is 8.75. The fourth-order valence-electron chi connectivity index (χ4n) is 2.80. The molecule has 1 aromatic heterocycles. The number of carbonyl (C=O) groups excluding carboxylic acids is 2. The Bertz CT molecular complexity index is 774. The maximum Gasteiger partial charge on any atom is 0.325 e. The number of nitrogens with one attached hydrogen (secondary N) is 2. The Morgan fingerprint density at radius 3 is 2.67 bits per heavy atom. The largest absolute Gasteiger partial charge is 0.325 e. The molecule has 0 spiro atoms. The molecule has 1 aliphatic carbocycles. The number of anilines is 2. The number of Topliss-reactive ketones (excluding diaryl/α,β-unsaturated/α-hetero) is 1. The zero-order valence-corrected chi connectivity index (χ0v) is 14.2. The Hall–Kier alpha value is -1.99. The number of hydrogen-bond donors (Lipinski definition) is 2. The first-order valence-electron chi connectivity index (χ1n) is 7.56. The number of thiazole rings is 1. The Morgan fingerprint density at radius 2 is 2.00 bits per heavy atom. The Labute approximate surface area is 147 Å². The third-order valence-corrected chi connectivity index (χ3v) is 4.95. The van der Waals surface area contributed by atoms with Gasteiger partial charge in [-0.05, 0) is 31.0 Å². The van der Waals surface area contributed by atoms with Gasteiger partial charge in [0, 0.05) is 11.5 Å². The summed E-state index contributed by atoms with van der Waals surface area (Å²) >= 11 is 6.87. The second kappa shape index (κ2) is 7.27. The minimum Gasteiger partial charge on any atom is -0.307 e. The minimum atomic E-state index is -0.562. The van der Waals surface area contributed by atoms with Crippen molar-refractivity contribution in [3.05, 3.63) is 40.1 Å². The van der Waals surface area contributed by atoms with Crippen molar-refractivity contribution < 1.29 is 14.0 Å². The van der Waals surface area contributed by atoms with Crippen LogP contribution in [-0.2, 0) is 0 Å². The van der Waals surface area contributed by atoms with Gasteiger partial charge in [-0.15, -0.1) is 0 Å². The van der Waals surface area contributed by atoms with Crippen LogP contribution in [0.1, 0.15) is 36.0 Å². The van der Waals surface area contributed by atoms with Gasteiger partial charge in [-0.1, -0.05) is 35.8 Å². The quantitative estimate of drug-likeness (QED) is 0.751. The number of ketones is 1. The van der Waals surface area contributed by atoms with Crippen molar-refractivity contribution in [3.8, 4) is 0 Å². The standard InChI is InChI=1S/C16H15ClFN3O2S/c17-13-8-19-16(24-13)21-15(23)20-12-6-5-10(18)7-11(12)14(22)9-3-1-2-4-9/h5-9H,1-4H2,(H2,19,20,21,23). The molecule has 2 N–H and O–H groups in total. The lowest BCUT2D eigenvalue weighted by atomic mass is 9.95. The highest BCUT2D eigenvalue weighted by Crippen LogP contribution is 2.31. The van der Waals surface area contributed by atoms with Gasteiger partial charge < -0.3 is 5.32 Å². The van der Waals surface area contributed by atoms with Crippen LogP contribution in [0.4, 0.5) is 20.0 Å². The van der Waals surface area contributed by atoms with Crippen LogP contribution in [0.15, 0.2) is 24.4 Å². The normalized spacial score (nSPS) is 14.6. The highest BCUT2D eigenvalue weighted by atomic mass is 35.5. The number of amides is 2. The van der Waals surface area contributed by atoms with E-state index in [0.29, 0.717) is 9.47 Å². The van der Waals surface area contributed by atoms with Crippen molar-refractivity contribution in [1.82, 2.24) is 4.98 Å². The van der Waals surface area contributed by atoms with Crippen molar-refractivity contribution in [1.29, 1.82) is 0 Å². The molecule has 2 amide bonds. The van der Waals surface area contributed by atoms with Crippen LogP contribution in [0.5, 0.6) is 0 Å². The number of benzene rings is 1. The van der Waals surface area contributed by atoms with E-state index in [9.17, 15) is 14.0 Å². The van der Waals surface area contributed by atoms with Gasteiger partial charge in [0.2, 0.25) is 0 Å². The van der Waals surface area contributed by atoms with E-state index in [-0.39, 0.29) is 23.0 Å². The fraction of sp³-hybridized carbons (Fsp3) is 0.312. The van der Waals surface area contributed by atoms with Gasteiger partial charge in [0.25, 0.3) is 0 Å². The topological polar surface area (TPSA) is 71.1 Å². The highest BCUT2D eigenvalue weighted by molar-refractivity contribution is 7.19. The van der Waals surface area contributed by atoms with E-state index in [4.69, 9.17) is 11.6 Å². The summed E-state index contributed by atoms with van der Waals surface area (Å²) in [4.78, 5) is 28.6. The average Bonchev–Trinajstić information content (AvgIpc) is 3.20. The van der Waals surface area contributed by atoms with Gasteiger partial charge in [-0.3, -0.25) is 10.1 Å².